The van der Waals surface area contributed by atoms with Crippen LogP contribution in [0.4, 0.5) is 0 Å². The average Bonchev–Trinajstić information content (AvgIpc) is 2.91. The summed E-state index contributed by atoms with van der Waals surface area (Å²) in [6.07, 6.45) is 1.23. The Morgan fingerprint density at radius 3 is 2.50 bits per heavy atom. The molecule has 0 fully saturated rings. The Balaban J connectivity index is 1.66. The number of fused-ring (bicyclic) bond motifs is 2. The fourth-order valence-corrected chi connectivity index (χ4v) is 3.45. The largest absolute Gasteiger partial charge is 0.490 e. The molecule has 2 aromatic rings. The van der Waals surface area contributed by atoms with Crippen LogP contribution in [0.15, 0.2) is 42.5 Å². The molecule has 0 bridgehead atoms. The number of nitrogens with two attached hydrogens (primary N) is 1. The van der Waals surface area contributed by atoms with Crippen LogP contribution in [-0.4, -0.2) is 36.0 Å². The summed E-state index contributed by atoms with van der Waals surface area (Å²) in [4.78, 5) is 26.6. The van der Waals surface area contributed by atoms with Gasteiger partial charge in [-0.15, -0.1) is 0 Å². The lowest BCUT2D eigenvalue weighted by atomic mass is 9.93. The molecular formula is C20H20N2O4. The first-order valence-electron chi connectivity index (χ1n) is 8.70. The minimum atomic E-state index is -0.659. The van der Waals surface area contributed by atoms with E-state index in [1.54, 1.807) is 23.1 Å². The van der Waals surface area contributed by atoms with Crippen molar-refractivity contribution in [1.29, 1.82) is 0 Å². The van der Waals surface area contributed by atoms with Crippen LogP contribution >= 0.6 is 0 Å². The second-order valence-electron chi connectivity index (χ2n) is 6.54. The van der Waals surface area contributed by atoms with Gasteiger partial charge in [0, 0.05) is 24.9 Å². The van der Waals surface area contributed by atoms with E-state index in [4.69, 9.17) is 15.2 Å². The summed E-state index contributed by atoms with van der Waals surface area (Å²) in [7, 11) is 0. The minimum absolute atomic E-state index is 0.237. The van der Waals surface area contributed by atoms with E-state index in [-0.39, 0.29) is 5.91 Å². The number of hydrogen-bond donors (Lipinski definition) is 1. The Bertz CT molecular complexity index is 865. The summed E-state index contributed by atoms with van der Waals surface area (Å²) >= 11 is 0. The first-order valence-corrected chi connectivity index (χ1v) is 8.70. The van der Waals surface area contributed by atoms with Gasteiger partial charge in [0.25, 0.3) is 5.91 Å². The second kappa shape index (κ2) is 6.71. The summed E-state index contributed by atoms with van der Waals surface area (Å²) in [5, 5.41) is 0. The molecule has 4 rings (SSSR count). The number of benzene rings is 2. The van der Waals surface area contributed by atoms with Gasteiger partial charge in [0.15, 0.2) is 11.5 Å². The molecule has 0 saturated carbocycles. The summed E-state index contributed by atoms with van der Waals surface area (Å²) in [5.74, 6) is 0.456. The molecule has 2 aliphatic heterocycles. The van der Waals surface area contributed by atoms with Crippen molar-refractivity contribution >= 4 is 11.8 Å². The lowest BCUT2D eigenvalue weighted by molar-refractivity contribution is -0.122. The molecule has 2 N–H and O–H groups in total. The van der Waals surface area contributed by atoms with Crippen LogP contribution < -0.4 is 15.2 Å². The topological polar surface area (TPSA) is 81.9 Å². The summed E-state index contributed by atoms with van der Waals surface area (Å²) in [6.45, 7) is 1.50. The Hall–Kier alpha value is -3.02. The highest BCUT2D eigenvalue weighted by atomic mass is 16.5. The molecule has 0 aromatic heterocycles. The van der Waals surface area contributed by atoms with Crippen LogP contribution in [0.3, 0.4) is 0 Å². The lowest BCUT2D eigenvalue weighted by Crippen LogP contribution is -2.51. The van der Waals surface area contributed by atoms with Crippen molar-refractivity contribution in [3.63, 3.8) is 0 Å². The summed E-state index contributed by atoms with van der Waals surface area (Å²) in [6, 6.07) is 12.3. The highest BCUT2D eigenvalue weighted by Gasteiger charge is 2.34. The van der Waals surface area contributed by atoms with Crippen molar-refractivity contribution in [3.8, 4) is 11.5 Å². The molecule has 1 atom stereocenters. The van der Waals surface area contributed by atoms with Gasteiger partial charge in [-0.05, 0) is 29.3 Å². The zero-order chi connectivity index (χ0) is 18.1. The van der Waals surface area contributed by atoms with Gasteiger partial charge in [-0.25, -0.2) is 0 Å². The van der Waals surface area contributed by atoms with Crippen LogP contribution in [0.25, 0.3) is 0 Å². The standard InChI is InChI=1S/C20H20N2O4/c21-19(23)16-10-13-4-1-2-5-15(13)12-22(16)20(24)14-6-7-17-18(11-14)26-9-3-8-25-17/h1-2,4-7,11,16H,3,8-10,12H2,(H2,21,23). The van der Waals surface area contributed by atoms with Crippen molar-refractivity contribution in [2.24, 2.45) is 5.73 Å². The van der Waals surface area contributed by atoms with E-state index in [1.165, 1.54) is 0 Å². The Labute approximate surface area is 151 Å². The highest BCUT2D eigenvalue weighted by molar-refractivity contribution is 5.98. The predicted molar refractivity (Wildman–Crippen MR) is 95.1 cm³/mol. The maximum atomic E-state index is 13.1. The Morgan fingerprint density at radius 1 is 1.00 bits per heavy atom. The van der Waals surface area contributed by atoms with Crippen LogP contribution in [0, 0.1) is 0 Å². The molecule has 2 aromatic carbocycles. The quantitative estimate of drug-likeness (QED) is 0.895. The zero-order valence-electron chi connectivity index (χ0n) is 14.3. The first-order chi connectivity index (χ1) is 12.6. The molecular weight excluding hydrogens is 332 g/mol. The Kier molecular flexibility index (Phi) is 4.24. The van der Waals surface area contributed by atoms with Gasteiger partial charge in [-0.2, -0.15) is 0 Å². The van der Waals surface area contributed by atoms with Gasteiger partial charge in [-0.3, -0.25) is 9.59 Å². The number of carbonyl (C=O) groups excluding carboxylic acids is 2. The van der Waals surface area contributed by atoms with Crippen LogP contribution in [0.5, 0.6) is 11.5 Å². The maximum Gasteiger partial charge on any atom is 0.254 e. The van der Waals surface area contributed by atoms with Crippen LogP contribution in [0.1, 0.15) is 27.9 Å². The highest BCUT2D eigenvalue weighted by Crippen LogP contribution is 2.32. The maximum absolute atomic E-state index is 13.1. The predicted octanol–water partition coefficient (Wildman–Crippen LogP) is 1.90. The number of ether oxygens (including phenoxy) is 2. The van der Waals surface area contributed by atoms with Crippen molar-refractivity contribution in [2.45, 2.75) is 25.4 Å². The third-order valence-electron chi connectivity index (χ3n) is 4.83. The fourth-order valence-electron chi connectivity index (χ4n) is 3.45. The number of primary amides is 1. The van der Waals surface area contributed by atoms with Crippen LogP contribution in [-0.2, 0) is 17.8 Å². The molecule has 2 heterocycles. The molecule has 1 unspecified atom stereocenters. The third kappa shape index (κ3) is 2.98. The number of amides is 2. The van der Waals surface area contributed by atoms with E-state index in [9.17, 15) is 9.59 Å². The van der Waals surface area contributed by atoms with E-state index in [1.807, 2.05) is 24.3 Å². The Morgan fingerprint density at radius 2 is 1.73 bits per heavy atom. The molecule has 0 aliphatic carbocycles. The molecule has 0 saturated heterocycles. The molecule has 2 aliphatic rings. The zero-order valence-corrected chi connectivity index (χ0v) is 14.3. The number of hydrogen-bond acceptors (Lipinski definition) is 4. The van der Waals surface area contributed by atoms with Crippen molar-refractivity contribution in [3.05, 3.63) is 59.2 Å². The summed E-state index contributed by atoms with van der Waals surface area (Å²) < 4.78 is 11.3. The smallest absolute Gasteiger partial charge is 0.254 e. The monoisotopic (exact) mass is 352 g/mol. The third-order valence-corrected chi connectivity index (χ3v) is 4.83. The van der Waals surface area contributed by atoms with E-state index < -0.39 is 11.9 Å². The van der Waals surface area contributed by atoms with Gasteiger partial charge < -0.3 is 20.1 Å². The minimum Gasteiger partial charge on any atom is -0.490 e. The van der Waals surface area contributed by atoms with Gasteiger partial charge in [0.2, 0.25) is 5.91 Å². The van der Waals surface area contributed by atoms with E-state index >= 15 is 0 Å². The second-order valence-corrected chi connectivity index (χ2v) is 6.54. The molecule has 2 amide bonds. The SMILES string of the molecule is NC(=O)C1Cc2ccccc2CN1C(=O)c1ccc2c(c1)OCCCO2. The number of carbonyl (C=O) groups is 2. The molecule has 6 nitrogen and oxygen atoms in total. The molecule has 6 heteroatoms. The van der Waals surface area contributed by atoms with Crippen LogP contribution in [0.2, 0.25) is 0 Å². The fraction of sp³-hybridized carbons (Fsp3) is 0.300. The summed E-state index contributed by atoms with van der Waals surface area (Å²) in [5.41, 5.74) is 8.13. The molecule has 134 valence electrons. The molecule has 26 heavy (non-hydrogen) atoms. The lowest BCUT2D eigenvalue weighted by Gasteiger charge is -2.35. The van der Waals surface area contributed by atoms with Gasteiger partial charge >= 0.3 is 0 Å². The van der Waals surface area contributed by atoms with Crippen molar-refractivity contribution in [1.82, 2.24) is 4.90 Å². The van der Waals surface area contributed by atoms with E-state index in [0.29, 0.717) is 43.2 Å². The number of nitrogens with zero attached hydrogens (tertiary/aromatic N) is 1. The normalized spacial score (nSPS) is 18.6. The van der Waals surface area contributed by atoms with E-state index in [2.05, 4.69) is 0 Å². The van der Waals surface area contributed by atoms with Crippen molar-refractivity contribution < 1.29 is 19.1 Å². The average molecular weight is 352 g/mol. The van der Waals surface area contributed by atoms with E-state index in [0.717, 1.165) is 17.5 Å². The van der Waals surface area contributed by atoms with Gasteiger partial charge in [0.1, 0.15) is 6.04 Å². The van der Waals surface area contributed by atoms with Gasteiger partial charge in [0.05, 0.1) is 13.2 Å². The molecule has 0 spiro atoms. The van der Waals surface area contributed by atoms with Crippen molar-refractivity contribution in [2.75, 3.05) is 13.2 Å². The number of rotatable bonds is 2. The van der Waals surface area contributed by atoms with Gasteiger partial charge in [-0.1, -0.05) is 24.3 Å². The first kappa shape index (κ1) is 16.4. The molecule has 0 radical (unpaired) electrons.